The lowest BCUT2D eigenvalue weighted by Gasteiger charge is -2.14. The zero-order chi connectivity index (χ0) is 26.7. The molecule has 0 bridgehead atoms. The second kappa shape index (κ2) is 10.3. The van der Waals surface area contributed by atoms with E-state index in [2.05, 4.69) is 9.88 Å². The SMILES string of the molecule is COc1cc(-c2cccc(C(F)(F)F)c2)c(F)cc1/C(N)=c1\ccc(S(=O)Nc2ccon2)c\c1=C\N. The monoisotopic (exact) mass is 532 g/mol. The molecule has 5 N–H and O–H groups in total. The summed E-state index contributed by atoms with van der Waals surface area (Å²) in [6, 6.07) is 12.8. The molecule has 0 fully saturated rings. The van der Waals surface area contributed by atoms with Crippen molar-refractivity contribution in [3.63, 3.8) is 0 Å². The topological polar surface area (TPSA) is 116 Å². The molecule has 1 aromatic heterocycles. The minimum Gasteiger partial charge on any atom is -0.496 e. The van der Waals surface area contributed by atoms with Gasteiger partial charge in [0.05, 0.1) is 23.3 Å². The maximum absolute atomic E-state index is 15.2. The molecule has 1 unspecified atom stereocenters. The van der Waals surface area contributed by atoms with Gasteiger partial charge in [0.1, 0.15) is 17.8 Å². The number of benzene rings is 3. The van der Waals surface area contributed by atoms with E-state index >= 15 is 4.39 Å². The molecule has 4 rings (SSSR count). The lowest BCUT2D eigenvalue weighted by molar-refractivity contribution is -0.137. The van der Waals surface area contributed by atoms with Crippen molar-refractivity contribution in [2.24, 2.45) is 11.5 Å². The molecule has 37 heavy (non-hydrogen) atoms. The summed E-state index contributed by atoms with van der Waals surface area (Å²) in [6.45, 7) is 0. The van der Waals surface area contributed by atoms with Crippen molar-refractivity contribution in [3.8, 4) is 16.9 Å². The highest BCUT2D eigenvalue weighted by Crippen LogP contribution is 2.35. The average Bonchev–Trinajstić information content (AvgIpc) is 3.40. The predicted molar refractivity (Wildman–Crippen MR) is 131 cm³/mol. The summed E-state index contributed by atoms with van der Waals surface area (Å²) in [5.41, 5.74) is 11.4. The Morgan fingerprint density at radius 1 is 1.14 bits per heavy atom. The third kappa shape index (κ3) is 5.43. The third-order valence-corrected chi connectivity index (χ3v) is 6.50. The molecule has 0 saturated heterocycles. The first-order valence-electron chi connectivity index (χ1n) is 10.6. The summed E-state index contributed by atoms with van der Waals surface area (Å²) in [7, 11) is -0.365. The molecule has 0 saturated carbocycles. The van der Waals surface area contributed by atoms with E-state index in [-0.39, 0.29) is 34.0 Å². The number of aromatic nitrogens is 1. The van der Waals surface area contributed by atoms with Crippen molar-refractivity contribution in [2.45, 2.75) is 11.1 Å². The standard InChI is InChI=1S/C25H20F4N4O3S/c1-35-22-12-19(14-3-2-4-16(9-14)25(27,28)29)21(26)11-20(22)24(31)18-6-5-17(10-15(18)13-30)37(34)33-23-7-8-36-32-23/h2-13H,30-31H2,1H3,(H,32,33)/b15-13-,24-18-. The summed E-state index contributed by atoms with van der Waals surface area (Å²) < 4.78 is 80.0. The van der Waals surface area contributed by atoms with Crippen molar-refractivity contribution >= 4 is 28.7 Å². The zero-order valence-electron chi connectivity index (χ0n) is 19.2. The van der Waals surface area contributed by atoms with Crippen molar-refractivity contribution < 1.29 is 31.0 Å². The zero-order valence-corrected chi connectivity index (χ0v) is 20.0. The Morgan fingerprint density at radius 3 is 2.57 bits per heavy atom. The van der Waals surface area contributed by atoms with Gasteiger partial charge in [-0.2, -0.15) is 13.2 Å². The summed E-state index contributed by atoms with van der Waals surface area (Å²) in [6.07, 6.45) is -2.01. The van der Waals surface area contributed by atoms with Crippen LogP contribution >= 0.6 is 0 Å². The van der Waals surface area contributed by atoms with Crippen LogP contribution in [0.5, 0.6) is 5.75 Å². The van der Waals surface area contributed by atoms with E-state index in [9.17, 15) is 17.4 Å². The van der Waals surface area contributed by atoms with Crippen LogP contribution in [0.2, 0.25) is 0 Å². The van der Waals surface area contributed by atoms with Crippen LogP contribution in [-0.4, -0.2) is 16.5 Å². The number of nitrogens with two attached hydrogens (primary N) is 2. The quantitative estimate of drug-likeness (QED) is 0.328. The van der Waals surface area contributed by atoms with Gasteiger partial charge in [-0.25, -0.2) is 8.60 Å². The van der Waals surface area contributed by atoms with Crippen molar-refractivity contribution in [3.05, 3.63) is 94.3 Å². The average molecular weight is 533 g/mol. The molecular weight excluding hydrogens is 512 g/mol. The lowest BCUT2D eigenvalue weighted by Crippen LogP contribution is -2.32. The van der Waals surface area contributed by atoms with Crippen LogP contribution in [0.15, 0.2) is 76.3 Å². The first-order chi connectivity index (χ1) is 17.6. The Bertz CT molecular complexity index is 1590. The number of nitrogens with zero attached hydrogens (tertiary/aromatic N) is 1. The summed E-state index contributed by atoms with van der Waals surface area (Å²) in [5.74, 6) is -0.395. The number of nitrogens with one attached hydrogen (secondary N) is 1. The molecule has 7 nitrogen and oxygen atoms in total. The fourth-order valence-corrected chi connectivity index (χ4v) is 4.46. The van der Waals surface area contributed by atoms with Crippen molar-refractivity contribution in [1.82, 2.24) is 5.16 Å². The van der Waals surface area contributed by atoms with Crippen LogP contribution in [0.3, 0.4) is 0 Å². The Balaban J connectivity index is 1.79. The van der Waals surface area contributed by atoms with E-state index < -0.39 is 28.5 Å². The van der Waals surface area contributed by atoms with Gasteiger partial charge in [-0.15, -0.1) is 0 Å². The molecule has 1 atom stereocenters. The van der Waals surface area contributed by atoms with Gasteiger partial charge in [0, 0.05) is 33.8 Å². The first-order valence-corrected chi connectivity index (χ1v) is 11.7. The fourth-order valence-electron chi connectivity index (χ4n) is 3.62. The van der Waals surface area contributed by atoms with Gasteiger partial charge in [-0.05, 0) is 42.0 Å². The molecule has 0 aliphatic carbocycles. The molecule has 0 amide bonds. The molecule has 3 aromatic carbocycles. The van der Waals surface area contributed by atoms with E-state index in [0.717, 1.165) is 18.2 Å². The van der Waals surface area contributed by atoms with E-state index in [1.807, 2.05) is 0 Å². The first kappa shape index (κ1) is 25.8. The molecule has 0 radical (unpaired) electrons. The number of hydrogen-bond acceptors (Lipinski definition) is 6. The van der Waals surface area contributed by atoms with Gasteiger partial charge in [0.25, 0.3) is 0 Å². The normalized spacial score (nSPS) is 13.8. The van der Waals surface area contributed by atoms with E-state index in [1.165, 1.54) is 56.0 Å². The van der Waals surface area contributed by atoms with Crippen LogP contribution < -0.4 is 31.4 Å². The van der Waals surface area contributed by atoms with Gasteiger partial charge in [0.2, 0.25) is 0 Å². The Kier molecular flexibility index (Phi) is 7.21. The van der Waals surface area contributed by atoms with Gasteiger partial charge in [-0.3, -0.25) is 4.72 Å². The maximum atomic E-state index is 15.2. The largest absolute Gasteiger partial charge is 0.496 e. The number of methoxy groups -OCH3 is 1. The van der Waals surface area contributed by atoms with Crippen LogP contribution in [0.25, 0.3) is 23.0 Å². The number of alkyl halides is 3. The lowest BCUT2D eigenvalue weighted by atomic mass is 9.98. The highest BCUT2D eigenvalue weighted by Gasteiger charge is 2.30. The molecule has 0 aliphatic rings. The van der Waals surface area contributed by atoms with Gasteiger partial charge < -0.3 is 20.7 Å². The number of halogens is 4. The van der Waals surface area contributed by atoms with E-state index in [0.29, 0.717) is 15.3 Å². The Hall–Kier alpha value is -4.32. The molecule has 12 heteroatoms. The third-order valence-electron chi connectivity index (χ3n) is 5.42. The summed E-state index contributed by atoms with van der Waals surface area (Å²) >= 11 is 0. The second-order valence-corrected chi connectivity index (χ2v) is 8.91. The predicted octanol–water partition coefficient (Wildman–Crippen LogP) is 3.45. The van der Waals surface area contributed by atoms with Crippen LogP contribution in [0.4, 0.5) is 23.4 Å². The number of hydrogen-bond donors (Lipinski definition) is 3. The van der Waals surface area contributed by atoms with Crippen LogP contribution in [0, 0.1) is 5.82 Å². The minimum absolute atomic E-state index is 0.0261. The molecule has 1 heterocycles. The molecule has 0 aliphatic heterocycles. The molecular formula is C25H20F4N4O3S. The molecule has 0 spiro atoms. The van der Waals surface area contributed by atoms with E-state index in [4.69, 9.17) is 20.7 Å². The fraction of sp³-hybridized carbons (Fsp3) is 0.0800. The molecule has 4 aromatic rings. The van der Waals surface area contributed by atoms with Gasteiger partial charge >= 0.3 is 6.18 Å². The number of ether oxygens (including phenoxy) is 1. The van der Waals surface area contributed by atoms with Crippen LogP contribution in [0.1, 0.15) is 11.1 Å². The molecule has 192 valence electrons. The van der Waals surface area contributed by atoms with Gasteiger partial charge in [-0.1, -0.05) is 23.4 Å². The van der Waals surface area contributed by atoms with Crippen molar-refractivity contribution in [1.29, 1.82) is 0 Å². The smallest absolute Gasteiger partial charge is 0.416 e. The Labute approximate surface area is 210 Å². The van der Waals surface area contributed by atoms with Crippen LogP contribution in [-0.2, 0) is 17.2 Å². The number of rotatable bonds is 6. The number of anilines is 1. The highest BCUT2D eigenvalue weighted by atomic mass is 32.2. The summed E-state index contributed by atoms with van der Waals surface area (Å²) in [5, 5.41) is 4.44. The van der Waals surface area contributed by atoms with Crippen molar-refractivity contribution in [2.75, 3.05) is 11.8 Å². The minimum atomic E-state index is -4.58. The summed E-state index contributed by atoms with van der Waals surface area (Å²) in [4.78, 5) is 0.356. The maximum Gasteiger partial charge on any atom is 0.416 e. The van der Waals surface area contributed by atoms with E-state index in [1.54, 1.807) is 6.07 Å². The second-order valence-electron chi connectivity index (χ2n) is 7.70. The van der Waals surface area contributed by atoms with Gasteiger partial charge in [0.15, 0.2) is 16.8 Å². The Morgan fingerprint density at radius 2 is 1.92 bits per heavy atom. The highest BCUT2D eigenvalue weighted by molar-refractivity contribution is 7.86.